The molecule has 0 saturated carbocycles. The van der Waals surface area contributed by atoms with Crippen LogP contribution in [-0.2, 0) is 11.4 Å². The molecular formula is C21H20FNO3. The molecule has 134 valence electrons. The summed E-state index contributed by atoms with van der Waals surface area (Å²) >= 11 is 0. The van der Waals surface area contributed by atoms with E-state index in [-0.39, 0.29) is 12.4 Å². The van der Waals surface area contributed by atoms with Crippen molar-refractivity contribution in [2.45, 2.75) is 32.3 Å². The van der Waals surface area contributed by atoms with Crippen molar-refractivity contribution in [2.75, 3.05) is 0 Å². The van der Waals surface area contributed by atoms with Crippen LogP contribution in [0.3, 0.4) is 0 Å². The zero-order chi connectivity index (χ0) is 18.5. The van der Waals surface area contributed by atoms with Gasteiger partial charge in [-0.15, -0.1) is 0 Å². The second-order valence-electron chi connectivity index (χ2n) is 6.18. The van der Waals surface area contributed by atoms with Gasteiger partial charge in [0.25, 0.3) is 0 Å². The second kappa shape index (κ2) is 7.95. The van der Waals surface area contributed by atoms with Crippen molar-refractivity contribution < 1.29 is 19.0 Å². The van der Waals surface area contributed by atoms with Crippen LogP contribution < -0.4 is 4.74 Å². The lowest BCUT2D eigenvalue weighted by Gasteiger charge is -2.12. The van der Waals surface area contributed by atoms with Gasteiger partial charge in [-0.25, -0.2) is 9.37 Å². The van der Waals surface area contributed by atoms with Crippen LogP contribution in [0.5, 0.6) is 5.75 Å². The topological polar surface area (TPSA) is 59.4 Å². The fourth-order valence-electron chi connectivity index (χ4n) is 2.89. The van der Waals surface area contributed by atoms with E-state index in [1.54, 1.807) is 36.4 Å². The van der Waals surface area contributed by atoms with Gasteiger partial charge in [0.1, 0.15) is 18.2 Å². The van der Waals surface area contributed by atoms with E-state index in [9.17, 15) is 14.3 Å². The Bertz CT molecular complexity index is 909. The van der Waals surface area contributed by atoms with Gasteiger partial charge in [-0.1, -0.05) is 31.5 Å². The molecule has 3 rings (SSSR count). The van der Waals surface area contributed by atoms with Crippen LogP contribution in [0.4, 0.5) is 4.39 Å². The average molecular weight is 353 g/mol. The van der Waals surface area contributed by atoms with Crippen molar-refractivity contribution in [3.63, 3.8) is 0 Å². The number of rotatable bonds is 7. The van der Waals surface area contributed by atoms with E-state index in [0.29, 0.717) is 17.7 Å². The van der Waals surface area contributed by atoms with Gasteiger partial charge >= 0.3 is 5.97 Å². The van der Waals surface area contributed by atoms with E-state index in [1.807, 2.05) is 13.0 Å². The van der Waals surface area contributed by atoms with Crippen molar-refractivity contribution in [1.29, 1.82) is 0 Å². The van der Waals surface area contributed by atoms with Gasteiger partial charge < -0.3 is 9.84 Å². The zero-order valence-corrected chi connectivity index (χ0v) is 14.5. The first-order valence-electron chi connectivity index (χ1n) is 8.57. The predicted octanol–water partition coefficient (Wildman–Crippen LogP) is 4.92. The molecule has 2 aromatic carbocycles. The van der Waals surface area contributed by atoms with Crippen LogP contribution in [0.15, 0.2) is 54.6 Å². The molecule has 0 bridgehead atoms. The number of pyridine rings is 1. The molecule has 1 atom stereocenters. The van der Waals surface area contributed by atoms with Crippen LogP contribution in [0.2, 0.25) is 0 Å². The lowest BCUT2D eigenvalue weighted by atomic mass is 9.95. The van der Waals surface area contributed by atoms with Crippen LogP contribution in [0.25, 0.3) is 10.9 Å². The van der Waals surface area contributed by atoms with Crippen LogP contribution in [-0.4, -0.2) is 16.1 Å². The Hall–Kier alpha value is -2.95. The van der Waals surface area contributed by atoms with E-state index in [1.165, 1.54) is 12.1 Å². The minimum Gasteiger partial charge on any atom is -0.487 e. The lowest BCUT2D eigenvalue weighted by Crippen LogP contribution is -2.11. The highest BCUT2D eigenvalue weighted by Gasteiger charge is 2.18. The summed E-state index contributed by atoms with van der Waals surface area (Å²) in [6.45, 7) is 2.25. The van der Waals surface area contributed by atoms with Gasteiger partial charge in [-0.3, -0.25) is 4.79 Å². The highest BCUT2D eigenvalue weighted by atomic mass is 19.1. The molecule has 0 amide bonds. The molecule has 0 saturated heterocycles. The molecule has 0 aliphatic heterocycles. The predicted molar refractivity (Wildman–Crippen MR) is 97.8 cm³/mol. The Morgan fingerprint density at radius 2 is 1.92 bits per heavy atom. The smallest absolute Gasteiger partial charge is 0.310 e. The highest BCUT2D eigenvalue weighted by molar-refractivity contribution is 5.78. The molecule has 26 heavy (non-hydrogen) atoms. The molecular weight excluding hydrogens is 333 g/mol. The maximum Gasteiger partial charge on any atom is 0.310 e. The number of aliphatic carboxylic acids is 1. The van der Waals surface area contributed by atoms with E-state index in [4.69, 9.17) is 4.74 Å². The number of fused-ring (bicyclic) bond motifs is 1. The normalized spacial score (nSPS) is 12.1. The van der Waals surface area contributed by atoms with Crippen molar-refractivity contribution in [3.05, 3.63) is 71.7 Å². The summed E-state index contributed by atoms with van der Waals surface area (Å²) in [7, 11) is 0. The van der Waals surface area contributed by atoms with Gasteiger partial charge in [0.15, 0.2) is 0 Å². The Kier molecular flexibility index (Phi) is 5.46. The number of hydrogen-bond donors (Lipinski definition) is 1. The first kappa shape index (κ1) is 17.9. The molecule has 1 heterocycles. The van der Waals surface area contributed by atoms with Crippen LogP contribution in [0.1, 0.15) is 36.9 Å². The molecule has 3 aromatic rings. The number of carbonyl (C=O) groups is 1. The molecule has 0 radical (unpaired) electrons. The number of nitrogens with zero attached hydrogens (tertiary/aromatic N) is 1. The Morgan fingerprint density at radius 1 is 1.15 bits per heavy atom. The highest BCUT2D eigenvalue weighted by Crippen LogP contribution is 2.24. The molecule has 4 nitrogen and oxygen atoms in total. The summed E-state index contributed by atoms with van der Waals surface area (Å²) in [5, 5.41) is 10.1. The Balaban J connectivity index is 1.68. The van der Waals surface area contributed by atoms with Gasteiger partial charge in [0.05, 0.1) is 17.1 Å². The van der Waals surface area contributed by atoms with Crippen molar-refractivity contribution in [2.24, 2.45) is 0 Å². The number of aromatic nitrogens is 1. The number of carboxylic acids is 1. The molecule has 1 aromatic heterocycles. The monoisotopic (exact) mass is 353 g/mol. The van der Waals surface area contributed by atoms with Crippen LogP contribution >= 0.6 is 0 Å². The maximum atomic E-state index is 13.2. The van der Waals surface area contributed by atoms with Gasteiger partial charge in [0, 0.05) is 5.39 Å². The third kappa shape index (κ3) is 4.17. The minimum absolute atomic E-state index is 0.282. The zero-order valence-electron chi connectivity index (χ0n) is 14.5. The summed E-state index contributed by atoms with van der Waals surface area (Å²) in [5.74, 6) is -0.935. The van der Waals surface area contributed by atoms with Crippen LogP contribution in [0, 0.1) is 5.82 Å². The van der Waals surface area contributed by atoms with Crippen molar-refractivity contribution in [3.8, 4) is 5.75 Å². The quantitative estimate of drug-likeness (QED) is 0.655. The summed E-state index contributed by atoms with van der Waals surface area (Å²) < 4.78 is 18.9. The van der Waals surface area contributed by atoms with E-state index < -0.39 is 11.9 Å². The molecule has 5 heteroatoms. The number of benzene rings is 2. The average Bonchev–Trinajstić information content (AvgIpc) is 2.64. The second-order valence-corrected chi connectivity index (χ2v) is 6.18. The Labute approximate surface area is 151 Å². The van der Waals surface area contributed by atoms with E-state index in [2.05, 4.69) is 4.98 Å². The van der Waals surface area contributed by atoms with Gasteiger partial charge in [-0.2, -0.15) is 0 Å². The first-order valence-corrected chi connectivity index (χ1v) is 8.57. The number of carboxylic acid groups (broad SMARTS) is 1. The largest absolute Gasteiger partial charge is 0.487 e. The maximum absolute atomic E-state index is 13.2. The minimum atomic E-state index is -0.808. The number of ether oxygens (including phenoxy) is 1. The number of halogens is 1. The Morgan fingerprint density at radius 3 is 2.62 bits per heavy atom. The molecule has 0 spiro atoms. The third-order valence-electron chi connectivity index (χ3n) is 4.25. The third-order valence-corrected chi connectivity index (χ3v) is 4.25. The fraction of sp³-hybridized carbons (Fsp3) is 0.238. The summed E-state index contributed by atoms with van der Waals surface area (Å²) in [5.41, 5.74) is 2.23. The SMILES string of the molecule is CCCC(C(=O)O)c1ccc(OCc2ccc3cc(F)ccc3n2)cc1. The number of hydrogen-bond acceptors (Lipinski definition) is 3. The van der Waals surface area contributed by atoms with E-state index in [0.717, 1.165) is 23.1 Å². The van der Waals surface area contributed by atoms with E-state index >= 15 is 0 Å². The van der Waals surface area contributed by atoms with Gasteiger partial charge in [0.2, 0.25) is 0 Å². The first-order chi connectivity index (χ1) is 12.6. The summed E-state index contributed by atoms with van der Waals surface area (Å²) in [6, 6.07) is 15.2. The van der Waals surface area contributed by atoms with Crippen molar-refractivity contribution >= 4 is 16.9 Å². The lowest BCUT2D eigenvalue weighted by molar-refractivity contribution is -0.139. The fourth-order valence-corrected chi connectivity index (χ4v) is 2.89. The molecule has 1 unspecified atom stereocenters. The molecule has 0 fully saturated rings. The molecule has 1 N–H and O–H groups in total. The molecule has 0 aliphatic carbocycles. The summed E-state index contributed by atoms with van der Waals surface area (Å²) in [4.78, 5) is 15.8. The van der Waals surface area contributed by atoms with Crippen molar-refractivity contribution in [1.82, 2.24) is 4.98 Å². The standard InChI is InChI=1S/C21H20FNO3/c1-2-3-19(21(24)25)14-5-9-18(10-6-14)26-13-17-8-4-15-12-16(22)7-11-20(15)23-17/h4-12,19H,2-3,13H2,1H3,(H,24,25). The molecule has 0 aliphatic rings. The summed E-state index contributed by atoms with van der Waals surface area (Å²) in [6.07, 6.45) is 1.42. The van der Waals surface area contributed by atoms with Gasteiger partial charge in [-0.05, 0) is 48.4 Å².